The summed E-state index contributed by atoms with van der Waals surface area (Å²) in [6, 6.07) is 5.57. The number of hydrogen-bond acceptors (Lipinski definition) is 2. The molecule has 0 radical (unpaired) electrons. The Morgan fingerprint density at radius 1 is 1.05 bits per heavy atom. The maximum absolute atomic E-state index is 11.0. The number of benzene rings is 1. The van der Waals surface area contributed by atoms with Gasteiger partial charge < -0.3 is 10.2 Å². The molecular weight excluding hydrogens is 240 g/mol. The molecule has 2 N–H and O–H groups in total. The Balaban J connectivity index is 0.000000213. The van der Waals surface area contributed by atoms with E-state index in [2.05, 4.69) is 0 Å². The molecule has 3 heteroatoms. The van der Waals surface area contributed by atoms with Crippen LogP contribution in [0.25, 0.3) is 11.1 Å². The summed E-state index contributed by atoms with van der Waals surface area (Å²) in [4.78, 5) is 11.0. The van der Waals surface area contributed by atoms with Crippen molar-refractivity contribution in [3.8, 4) is 16.9 Å². The van der Waals surface area contributed by atoms with Crippen molar-refractivity contribution in [2.24, 2.45) is 16.7 Å². The molecule has 0 saturated carbocycles. The Hall–Kier alpha value is -1.51. The molecule has 0 spiro atoms. The first-order valence-corrected chi connectivity index (χ1v) is 6.51. The third-order valence-corrected chi connectivity index (χ3v) is 3.20. The van der Waals surface area contributed by atoms with E-state index in [1.165, 1.54) is 5.56 Å². The quantitative estimate of drug-likeness (QED) is 0.813. The number of aromatic hydroxyl groups is 1. The van der Waals surface area contributed by atoms with Gasteiger partial charge in [-0.2, -0.15) is 0 Å². The average molecular weight is 264 g/mol. The second-order valence-corrected chi connectivity index (χ2v) is 7.24. The first-order valence-electron chi connectivity index (χ1n) is 6.51. The zero-order chi connectivity index (χ0) is 15.0. The van der Waals surface area contributed by atoms with E-state index < -0.39 is 5.97 Å². The van der Waals surface area contributed by atoms with Crippen LogP contribution in [0.1, 0.15) is 41.5 Å². The van der Waals surface area contributed by atoms with Crippen LogP contribution in [-0.2, 0) is 4.79 Å². The maximum Gasteiger partial charge on any atom is 0.307 e. The molecule has 0 amide bonds. The molecule has 0 heterocycles. The summed E-state index contributed by atoms with van der Waals surface area (Å²) in [6.45, 7) is 11.8. The minimum atomic E-state index is -0.699. The maximum atomic E-state index is 11.0. The highest BCUT2D eigenvalue weighted by Crippen LogP contribution is 2.42. The molecule has 0 aromatic rings. The van der Waals surface area contributed by atoms with Gasteiger partial charge in [0, 0.05) is 5.56 Å². The fraction of sp³-hybridized carbons (Fsp3) is 0.562. The van der Waals surface area contributed by atoms with Gasteiger partial charge in [0.05, 0.1) is 5.92 Å². The zero-order valence-corrected chi connectivity index (χ0v) is 12.6. The molecule has 0 atom stereocenters. The summed E-state index contributed by atoms with van der Waals surface area (Å²) < 4.78 is 0. The summed E-state index contributed by atoms with van der Waals surface area (Å²) in [5.41, 5.74) is 1.87. The summed E-state index contributed by atoms with van der Waals surface area (Å²) in [6.07, 6.45) is 0. The third kappa shape index (κ3) is 3.98. The third-order valence-electron chi connectivity index (χ3n) is 3.20. The number of carboxylic acids is 1. The Kier molecular flexibility index (Phi) is 3.99. The van der Waals surface area contributed by atoms with E-state index in [4.69, 9.17) is 10.2 Å². The number of phenolic OH excluding ortho intramolecular Hbond substituents is 1. The van der Waals surface area contributed by atoms with Crippen LogP contribution in [-0.4, -0.2) is 16.2 Å². The minimum absolute atomic E-state index is 0.177. The van der Waals surface area contributed by atoms with E-state index in [1.807, 2.05) is 53.7 Å². The van der Waals surface area contributed by atoms with Crippen LogP contribution in [0, 0.1) is 16.7 Å². The number of rotatable bonds is 1. The molecule has 0 bridgehead atoms. The molecule has 0 fully saturated rings. The standard InChI is InChI=1S/C10H20O2.C6H4O/c1-9(2,3)7(8(11)12)10(4,5)6;7-6-2-1-4-3-5(4)6/h7H,1-6H3,(H,11,12);1-3,7H. The van der Waals surface area contributed by atoms with Crippen LogP contribution in [0.15, 0.2) is 18.2 Å². The van der Waals surface area contributed by atoms with Gasteiger partial charge in [0.15, 0.2) is 0 Å². The second kappa shape index (κ2) is 4.87. The van der Waals surface area contributed by atoms with Crippen molar-refractivity contribution >= 4 is 5.97 Å². The lowest BCUT2D eigenvalue weighted by molar-refractivity contribution is -0.150. The lowest BCUT2D eigenvalue weighted by Gasteiger charge is -2.37. The Morgan fingerprint density at radius 3 is 1.58 bits per heavy atom. The fourth-order valence-electron chi connectivity index (χ4n) is 2.78. The summed E-state index contributed by atoms with van der Waals surface area (Å²) in [7, 11) is 0. The smallest absolute Gasteiger partial charge is 0.307 e. The van der Waals surface area contributed by atoms with Crippen molar-refractivity contribution in [3.63, 3.8) is 0 Å². The van der Waals surface area contributed by atoms with Crippen LogP contribution in [0.4, 0.5) is 0 Å². The molecular formula is C16H24O3. The molecule has 0 aromatic carbocycles. The predicted octanol–water partition coefficient (Wildman–Crippen LogP) is 4.15. The van der Waals surface area contributed by atoms with Crippen molar-refractivity contribution in [1.82, 2.24) is 0 Å². The summed E-state index contributed by atoms with van der Waals surface area (Å²) in [5, 5.41) is 17.8. The first-order chi connectivity index (χ1) is 8.44. The van der Waals surface area contributed by atoms with Crippen molar-refractivity contribution in [3.05, 3.63) is 18.2 Å². The largest absolute Gasteiger partial charge is 0.507 e. The van der Waals surface area contributed by atoms with E-state index in [9.17, 15) is 4.79 Å². The highest BCUT2D eigenvalue weighted by atomic mass is 16.4. The molecule has 106 valence electrons. The van der Waals surface area contributed by atoms with E-state index in [0.717, 1.165) is 5.56 Å². The van der Waals surface area contributed by atoms with Gasteiger partial charge in [-0.25, -0.2) is 0 Å². The average Bonchev–Trinajstić information content (AvgIpc) is 2.81. The van der Waals surface area contributed by atoms with Crippen LogP contribution in [0.2, 0.25) is 0 Å². The number of fused-ring (bicyclic) bond motifs is 1. The Morgan fingerprint density at radius 2 is 1.53 bits per heavy atom. The van der Waals surface area contributed by atoms with Gasteiger partial charge in [0.1, 0.15) is 5.75 Å². The van der Waals surface area contributed by atoms with Gasteiger partial charge in [-0.05, 0) is 28.5 Å². The van der Waals surface area contributed by atoms with Crippen molar-refractivity contribution < 1.29 is 15.0 Å². The van der Waals surface area contributed by atoms with E-state index >= 15 is 0 Å². The number of aliphatic carboxylic acids is 1. The van der Waals surface area contributed by atoms with Gasteiger partial charge in [-0.1, -0.05) is 47.6 Å². The van der Waals surface area contributed by atoms with Crippen molar-refractivity contribution in [2.45, 2.75) is 41.5 Å². The van der Waals surface area contributed by atoms with Gasteiger partial charge in [-0.3, -0.25) is 4.79 Å². The van der Waals surface area contributed by atoms with Crippen molar-refractivity contribution in [2.75, 3.05) is 0 Å². The van der Waals surface area contributed by atoms with Gasteiger partial charge in [-0.15, -0.1) is 0 Å². The molecule has 19 heavy (non-hydrogen) atoms. The number of carbonyl (C=O) groups is 1. The SMILES string of the molecule is CC(C)(C)C(C(=O)O)C(C)(C)C.Oc1ccc2cc1-2. The Bertz CT molecular complexity index is 462. The summed E-state index contributed by atoms with van der Waals surface area (Å²) >= 11 is 0. The van der Waals surface area contributed by atoms with Crippen LogP contribution in [0.3, 0.4) is 0 Å². The van der Waals surface area contributed by atoms with Crippen LogP contribution in [0.5, 0.6) is 5.75 Å². The highest BCUT2D eigenvalue weighted by Gasteiger charge is 2.40. The lowest BCUT2D eigenvalue weighted by atomic mass is 9.67. The van der Waals surface area contributed by atoms with Crippen molar-refractivity contribution in [1.29, 1.82) is 0 Å². The summed E-state index contributed by atoms with van der Waals surface area (Å²) in [5.74, 6) is -0.574. The zero-order valence-electron chi connectivity index (χ0n) is 12.6. The fourth-order valence-corrected chi connectivity index (χ4v) is 2.78. The normalized spacial score (nSPS) is 12.8. The number of phenols is 1. The molecule has 2 aliphatic rings. The lowest BCUT2D eigenvalue weighted by Crippen LogP contribution is -2.38. The van der Waals surface area contributed by atoms with Crippen LogP contribution >= 0.6 is 0 Å². The Labute approximate surface area is 115 Å². The van der Waals surface area contributed by atoms with Gasteiger partial charge in [0.2, 0.25) is 0 Å². The molecule has 0 aromatic heterocycles. The number of carboxylic acid groups (broad SMARTS) is 1. The second-order valence-electron chi connectivity index (χ2n) is 7.24. The predicted molar refractivity (Wildman–Crippen MR) is 77.1 cm³/mol. The minimum Gasteiger partial charge on any atom is -0.507 e. The van der Waals surface area contributed by atoms with E-state index in [0.29, 0.717) is 5.75 Å². The first kappa shape index (κ1) is 15.5. The molecule has 2 rings (SSSR count). The topological polar surface area (TPSA) is 57.5 Å². The number of hydrogen-bond donors (Lipinski definition) is 2. The van der Waals surface area contributed by atoms with E-state index in [1.54, 1.807) is 6.07 Å². The molecule has 2 aliphatic carbocycles. The van der Waals surface area contributed by atoms with Crippen LogP contribution < -0.4 is 0 Å². The highest BCUT2D eigenvalue weighted by molar-refractivity contribution is 5.86. The molecule has 0 saturated heterocycles. The van der Waals surface area contributed by atoms with Gasteiger partial charge in [0.25, 0.3) is 0 Å². The molecule has 0 unspecified atom stereocenters. The van der Waals surface area contributed by atoms with Gasteiger partial charge >= 0.3 is 5.97 Å². The molecule has 0 aliphatic heterocycles. The molecule has 3 nitrogen and oxygen atoms in total. The van der Waals surface area contributed by atoms with E-state index in [-0.39, 0.29) is 16.7 Å². The monoisotopic (exact) mass is 264 g/mol.